The Hall–Kier alpha value is -4.87. The topological polar surface area (TPSA) is 164 Å². The van der Waals surface area contributed by atoms with Gasteiger partial charge in [0.2, 0.25) is 11.9 Å². The highest BCUT2D eigenvalue weighted by molar-refractivity contribution is 6.05. The Morgan fingerprint density at radius 1 is 1.02 bits per heavy atom. The van der Waals surface area contributed by atoms with Crippen LogP contribution in [-0.4, -0.2) is 61.9 Å². The zero-order valence-corrected chi connectivity index (χ0v) is 23.5. The number of nitrogens with zero attached hydrogens (tertiary/aromatic N) is 4. The van der Waals surface area contributed by atoms with E-state index in [0.717, 1.165) is 10.5 Å². The van der Waals surface area contributed by atoms with Gasteiger partial charge in [0.05, 0.1) is 0 Å². The number of benzene rings is 1. The second-order valence-corrected chi connectivity index (χ2v) is 10.1. The van der Waals surface area contributed by atoms with E-state index in [0.29, 0.717) is 12.0 Å². The number of amides is 2. The highest BCUT2D eigenvalue weighted by Crippen LogP contribution is 2.31. The summed E-state index contributed by atoms with van der Waals surface area (Å²) in [6, 6.07) is 10.9. The van der Waals surface area contributed by atoms with Crippen molar-refractivity contribution in [3.05, 3.63) is 78.2 Å². The second kappa shape index (κ2) is 14.2. The predicted molar refractivity (Wildman–Crippen MR) is 153 cm³/mol. The summed E-state index contributed by atoms with van der Waals surface area (Å²) in [5.74, 6) is -2.67. The van der Waals surface area contributed by atoms with Crippen molar-refractivity contribution < 1.29 is 29.0 Å². The fourth-order valence-corrected chi connectivity index (χ4v) is 4.68. The first-order valence-electron chi connectivity index (χ1n) is 13.8. The fourth-order valence-electron chi connectivity index (χ4n) is 4.68. The maximum absolute atomic E-state index is 14.0. The predicted octanol–water partition coefficient (Wildman–Crippen LogP) is 2.75. The molecule has 0 saturated carbocycles. The molecular formula is C30H34N6O6. The lowest BCUT2D eigenvalue weighted by Crippen LogP contribution is -2.56. The Morgan fingerprint density at radius 2 is 1.74 bits per heavy atom. The molecule has 12 heteroatoms. The van der Waals surface area contributed by atoms with Crippen LogP contribution in [0.4, 0.5) is 11.8 Å². The van der Waals surface area contributed by atoms with E-state index in [1.54, 1.807) is 18.2 Å². The van der Waals surface area contributed by atoms with Crippen LogP contribution in [0.2, 0.25) is 0 Å². The van der Waals surface area contributed by atoms with Crippen molar-refractivity contribution in [1.29, 1.82) is 0 Å². The normalized spacial score (nSPS) is 16.0. The molecule has 2 amide bonds. The van der Waals surface area contributed by atoms with Crippen LogP contribution >= 0.6 is 0 Å². The number of esters is 1. The number of rotatable bonds is 13. The smallest absolute Gasteiger partial charge is 0.327 e. The Balaban J connectivity index is 1.56. The van der Waals surface area contributed by atoms with Crippen LogP contribution in [-0.2, 0) is 36.9 Å². The molecule has 1 aromatic carbocycles. The van der Waals surface area contributed by atoms with Gasteiger partial charge in [-0.3, -0.25) is 19.3 Å². The van der Waals surface area contributed by atoms with E-state index in [4.69, 9.17) is 4.74 Å². The van der Waals surface area contributed by atoms with Gasteiger partial charge in [0, 0.05) is 31.4 Å². The molecule has 12 nitrogen and oxygen atoms in total. The lowest BCUT2D eigenvalue weighted by atomic mass is 9.97. The van der Waals surface area contributed by atoms with E-state index < -0.39 is 41.9 Å². The first kappa shape index (κ1) is 30.1. The molecule has 4 rings (SSSR count). The number of carbonyl (C=O) groups excluding carboxylic acids is 3. The second-order valence-electron chi connectivity index (χ2n) is 10.1. The largest absolute Gasteiger partial charge is 0.480 e. The molecule has 1 unspecified atom stereocenters. The summed E-state index contributed by atoms with van der Waals surface area (Å²) in [5, 5.41) is 15.7. The number of carbonyl (C=O) groups is 4. The van der Waals surface area contributed by atoms with Crippen LogP contribution in [0, 0.1) is 5.92 Å². The third-order valence-corrected chi connectivity index (χ3v) is 7.18. The number of anilines is 2. The van der Waals surface area contributed by atoms with Gasteiger partial charge in [0.15, 0.2) is 0 Å². The number of ether oxygens (including phenoxy) is 1. The van der Waals surface area contributed by atoms with Gasteiger partial charge in [0.1, 0.15) is 30.6 Å². The summed E-state index contributed by atoms with van der Waals surface area (Å²) >= 11 is 0. The molecule has 2 aromatic heterocycles. The number of carboxylic acid groups (broad SMARTS) is 1. The van der Waals surface area contributed by atoms with E-state index in [1.807, 2.05) is 44.2 Å². The van der Waals surface area contributed by atoms with Gasteiger partial charge < -0.3 is 20.5 Å². The summed E-state index contributed by atoms with van der Waals surface area (Å²) < 4.78 is 5.37. The van der Waals surface area contributed by atoms with E-state index in [1.165, 1.54) is 18.6 Å². The monoisotopic (exact) mass is 574 g/mol. The third kappa shape index (κ3) is 7.45. The van der Waals surface area contributed by atoms with Gasteiger partial charge >= 0.3 is 11.9 Å². The van der Waals surface area contributed by atoms with Crippen molar-refractivity contribution in [3.63, 3.8) is 0 Å². The molecule has 3 N–H and O–H groups in total. The number of fused-ring (bicyclic) bond motifs is 1. The molecule has 220 valence electrons. The number of hydrogen-bond donors (Lipinski definition) is 3. The Morgan fingerprint density at radius 3 is 2.43 bits per heavy atom. The molecule has 42 heavy (non-hydrogen) atoms. The average Bonchev–Trinajstić information content (AvgIpc) is 3.41. The quantitative estimate of drug-likeness (QED) is 0.259. The van der Waals surface area contributed by atoms with Crippen molar-refractivity contribution in [3.8, 4) is 0 Å². The molecule has 1 aliphatic heterocycles. The van der Waals surface area contributed by atoms with Gasteiger partial charge in [-0.15, -0.1) is 0 Å². The van der Waals surface area contributed by atoms with Gasteiger partial charge in [-0.05, 0) is 35.6 Å². The van der Waals surface area contributed by atoms with Gasteiger partial charge in [0.25, 0.3) is 5.91 Å². The zero-order chi connectivity index (χ0) is 30.1. The minimum absolute atomic E-state index is 0.0617. The molecule has 0 spiro atoms. The van der Waals surface area contributed by atoms with E-state index in [-0.39, 0.29) is 43.6 Å². The number of pyridine rings is 1. The summed E-state index contributed by atoms with van der Waals surface area (Å²) in [6.07, 6.45) is 4.96. The van der Waals surface area contributed by atoms with E-state index in [9.17, 15) is 24.3 Å². The maximum atomic E-state index is 14.0. The number of nitrogens with one attached hydrogen (secondary N) is 2. The standard InChI is InChI=1S/C30H34N6O6/c1-3-19(2)25(35-30-32-15-8-16-33-30)27(38)34-22(12-13-24(37)42-18-20-9-5-4-6-10-20)28(39)36-23(29(40)41)17-21-11-7-14-31-26(21)36/h4-11,14-16,19,22-23,25H,3,12-13,17-18H2,1-2H3,(H,34,38)(H,40,41)(H,32,33,35)/t19-,22-,23?,25-/m0/s1. The minimum atomic E-state index is -1.23. The zero-order valence-electron chi connectivity index (χ0n) is 23.5. The SMILES string of the molecule is CC[C@H](C)[C@H](Nc1ncccn1)C(=O)N[C@@H](CCC(=O)OCc1ccccc1)C(=O)N1c2ncccc2CC1C(=O)O. The molecule has 0 fully saturated rings. The fraction of sp³-hybridized carbons (Fsp3) is 0.367. The van der Waals surface area contributed by atoms with Crippen molar-refractivity contribution in [2.45, 2.75) is 64.3 Å². The van der Waals surface area contributed by atoms with Crippen LogP contribution in [0.3, 0.4) is 0 Å². The Labute approximate surface area is 243 Å². The number of carboxylic acids is 1. The number of hydrogen-bond acceptors (Lipinski definition) is 9. The molecule has 0 aliphatic carbocycles. The van der Waals surface area contributed by atoms with Gasteiger partial charge in [-0.1, -0.05) is 56.7 Å². The van der Waals surface area contributed by atoms with Crippen molar-refractivity contribution >= 4 is 35.5 Å². The van der Waals surface area contributed by atoms with Crippen molar-refractivity contribution in [2.75, 3.05) is 10.2 Å². The van der Waals surface area contributed by atoms with Crippen LogP contribution in [0.25, 0.3) is 0 Å². The lowest BCUT2D eigenvalue weighted by Gasteiger charge is -2.30. The lowest BCUT2D eigenvalue weighted by molar-refractivity contribution is -0.146. The molecule has 3 heterocycles. The highest BCUT2D eigenvalue weighted by Gasteiger charge is 2.42. The Kier molecular flexibility index (Phi) is 10.1. The minimum Gasteiger partial charge on any atom is -0.480 e. The molecule has 0 saturated heterocycles. The van der Waals surface area contributed by atoms with Crippen molar-refractivity contribution in [1.82, 2.24) is 20.3 Å². The average molecular weight is 575 g/mol. The number of aromatic nitrogens is 3. The molecule has 1 aliphatic rings. The maximum Gasteiger partial charge on any atom is 0.327 e. The summed E-state index contributed by atoms with van der Waals surface area (Å²) in [5.41, 5.74) is 1.41. The third-order valence-electron chi connectivity index (χ3n) is 7.18. The van der Waals surface area contributed by atoms with Crippen molar-refractivity contribution in [2.24, 2.45) is 5.92 Å². The van der Waals surface area contributed by atoms with Crippen LogP contribution in [0.1, 0.15) is 44.2 Å². The molecular weight excluding hydrogens is 540 g/mol. The molecule has 0 radical (unpaired) electrons. The van der Waals surface area contributed by atoms with Gasteiger partial charge in [-0.2, -0.15) is 0 Å². The summed E-state index contributed by atoms with van der Waals surface area (Å²) in [7, 11) is 0. The van der Waals surface area contributed by atoms with Gasteiger partial charge in [-0.25, -0.2) is 19.7 Å². The first-order valence-corrected chi connectivity index (χ1v) is 13.8. The van der Waals surface area contributed by atoms with Crippen LogP contribution in [0.5, 0.6) is 0 Å². The number of aliphatic carboxylic acids is 1. The summed E-state index contributed by atoms with van der Waals surface area (Å²) in [6.45, 7) is 3.86. The first-order chi connectivity index (χ1) is 20.3. The summed E-state index contributed by atoms with van der Waals surface area (Å²) in [4.78, 5) is 66.1. The van der Waals surface area contributed by atoms with Crippen LogP contribution < -0.4 is 15.5 Å². The highest BCUT2D eigenvalue weighted by atomic mass is 16.5. The van der Waals surface area contributed by atoms with Crippen LogP contribution in [0.15, 0.2) is 67.1 Å². The van der Waals surface area contributed by atoms with E-state index >= 15 is 0 Å². The molecule has 0 bridgehead atoms. The molecule has 3 aromatic rings. The van der Waals surface area contributed by atoms with E-state index in [2.05, 4.69) is 25.6 Å². The molecule has 4 atom stereocenters. The Bertz CT molecular complexity index is 1390.